The third-order valence-corrected chi connectivity index (χ3v) is 4.39. The summed E-state index contributed by atoms with van der Waals surface area (Å²) in [4.78, 5) is 21.1. The highest BCUT2D eigenvalue weighted by Crippen LogP contribution is 2.27. The van der Waals surface area contributed by atoms with Gasteiger partial charge in [0.25, 0.3) is 5.91 Å². The molecule has 1 fully saturated rings. The molecule has 9 heteroatoms. The van der Waals surface area contributed by atoms with Crippen molar-refractivity contribution in [2.45, 2.75) is 18.9 Å². The molecule has 0 saturated carbocycles. The fraction of sp³-hybridized carbons (Fsp3) is 0.421. The topological polar surface area (TPSA) is 95.0 Å². The number of amides is 1. The minimum Gasteiger partial charge on any atom is -0.481 e. The number of hydrogen-bond donors (Lipinski definition) is 1. The van der Waals surface area contributed by atoms with Crippen molar-refractivity contribution in [3.05, 3.63) is 35.9 Å². The summed E-state index contributed by atoms with van der Waals surface area (Å²) in [5, 5.41) is 1.91. The van der Waals surface area contributed by atoms with Crippen LogP contribution in [-0.2, 0) is 4.74 Å². The van der Waals surface area contributed by atoms with Crippen LogP contribution in [0, 0.1) is 0 Å². The molecular formula is C19H24N4O5. The quantitative estimate of drug-likeness (QED) is 0.734. The van der Waals surface area contributed by atoms with Gasteiger partial charge in [-0.05, 0) is 25.0 Å². The molecule has 150 valence electrons. The standard InChI is InChI=1S/C19H24N4O5/c1-25-12-13-7-6-10-23(13)22-18(24)14-8-4-5-9-15(14)28-19-20-16(26-2)11-17(21-19)27-3/h4-5,8-9,11,13H,6-7,10,12H2,1-3H3,(H,22,24)/t13-/m1/s1. The Kier molecular flexibility index (Phi) is 6.62. The lowest BCUT2D eigenvalue weighted by atomic mass is 10.2. The summed E-state index contributed by atoms with van der Waals surface area (Å²) in [7, 11) is 4.63. The number of aromatic nitrogens is 2. The number of methoxy groups -OCH3 is 3. The molecule has 0 unspecified atom stereocenters. The fourth-order valence-corrected chi connectivity index (χ4v) is 3.02. The maximum atomic E-state index is 12.8. The first-order chi connectivity index (χ1) is 13.6. The molecule has 1 aliphatic heterocycles. The molecule has 1 amide bonds. The minimum atomic E-state index is -0.270. The Labute approximate surface area is 163 Å². The summed E-state index contributed by atoms with van der Waals surface area (Å²) in [6.07, 6.45) is 1.98. The summed E-state index contributed by atoms with van der Waals surface area (Å²) in [5.41, 5.74) is 3.32. The highest BCUT2D eigenvalue weighted by atomic mass is 16.5. The smallest absolute Gasteiger partial charge is 0.328 e. The van der Waals surface area contributed by atoms with Gasteiger partial charge in [-0.15, -0.1) is 0 Å². The van der Waals surface area contributed by atoms with Gasteiger partial charge in [0, 0.05) is 13.7 Å². The first-order valence-electron chi connectivity index (χ1n) is 8.95. The number of benzene rings is 1. The monoisotopic (exact) mass is 388 g/mol. The van der Waals surface area contributed by atoms with Gasteiger partial charge in [-0.1, -0.05) is 12.1 Å². The average molecular weight is 388 g/mol. The van der Waals surface area contributed by atoms with Crippen molar-refractivity contribution in [3.63, 3.8) is 0 Å². The van der Waals surface area contributed by atoms with E-state index in [2.05, 4.69) is 15.4 Å². The first kappa shape index (κ1) is 19.8. The second kappa shape index (κ2) is 9.34. The largest absolute Gasteiger partial charge is 0.481 e. The summed E-state index contributed by atoms with van der Waals surface area (Å²) in [6, 6.07) is 8.63. The third-order valence-electron chi connectivity index (χ3n) is 4.39. The van der Waals surface area contributed by atoms with Gasteiger partial charge in [0.05, 0.1) is 38.5 Å². The third kappa shape index (κ3) is 4.68. The van der Waals surface area contributed by atoms with E-state index in [1.165, 1.54) is 20.3 Å². The first-order valence-corrected chi connectivity index (χ1v) is 8.95. The van der Waals surface area contributed by atoms with E-state index in [1.807, 2.05) is 5.01 Å². The Morgan fingerprint density at radius 2 is 1.89 bits per heavy atom. The normalized spacial score (nSPS) is 16.6. The number of ether oxygens (including phenoxy) is 4. The van der Waals surface area contributed by atoms with E-state index in [1.54, 1.807) is 31.4 Å². The lowest BCUT2D eigenvalue weighted by molar-refractivity contribution is 0.0609. The van der Waals surface area contributed by atoms with Crippen LogP contribution < -0.4 is 19.6 Å². The van der Waals surface area contributed by atoms with E-state index in [-0.39, 0.29) is 18.0 Å². The predicted octanol–water partition coefficient (Wildman–Crippen LogP) is 2.04. The van der Waals surface area contributed by atoms with Gasteiger partial charge in [0.1, 0.15) is 5.75 Å². The van der Waals surface area contributed by atoms with Crippen molar-refractivity contribution >= 4 is 5.91 Å². The molecule has 2 aromatic rings. The minimum absolute atomic E-state index is 0.0230. The number of carbonyl (C=O) groups is 1. The Morgan fingerprint density at radius 3 is 2.57 bits per heavy atom. The van der Waals surface area contributed by atoms with E-state index in [9.17, 15) is 4.79 Å². The van der Waals surface area contributed by atoms with Gasteiger partial charge in [-0.25, -0.2) is 5.01 Å². The zero-order valence-corrected chi connectivity index (χ0v) is 16.2. The Morgan fingerprint density at radius 1 is 1.18 bits per heavy atom. The van der Waals surface area contributed by atoms with Crippen LogP contribution in [0.15, 0.2) is 30.3 Å². The molecule has 1 atom stereocenters. The Bertz CT molecular complexity index is 794. The number of hydrazine groups is 1. The SMILES string of the molecule is COC[C@H]1CCCN1NC(=O)c1ccccc1Oc1nc(OC)cc(OC)n1. The molecule has 28 heavy (non-hydrogen) atoms. The maximum absolute atomic E-state index is 12.8. The number of nitrogens with zero attached hydrogens (tertiary/aromatic N) is 3. The molecule has 1 aliphatic rings. The van der Waals surface area contributed by atoms with Crippen LogP contribution >= 0.6 is 0 Å². The van der Waals surface area contributed by atoms with Crippen molar-refractivity contribution in [2.75, 3.05) is 34.5 Å². The van der Waals surface area contributed by atoms with Crippen LogP contribution in [0.25, 0.3) is 0 Å². The van der Waals surface area contributed by atoms with Crippen molar-refractivity contribution < 1.29 is 23.7 Å². The second-order valence-electron chi connectivity index (χ2n) is 6.22. The lowest BCUT2D eigenvalue weighted by Crippen LogP contribution is -2.46. The number of para-hydroxylation sites is 1. The van der Waals surface area contributed by atoms with Crippen molar-refractivity contribution in [1.29, 1.82) is 0 Å². The zero-order valence-electron chi connectivity index (χ0n) is 16.2. The van der Waals surface area contributed by atoms with Crippen LogP contribution in [0.3, 0.4) is 0 Å². The molecule has 1 aromatic carbocycles. The van der Waals surface area contributed by atoms with Gasteiger partial charge < -0.3 is 18.9 Å². The second-order valence-corrected chi connectivity index (χ2v) is 6.22. The Hall–Kier alpha value is -2.91. The number of nitrogens with one attached hydrogen (secondary N) is 1. The summed E-state index contributed by atoms with van der Waals surface area (Å²) in [5.74, 6) is 0.651. The molecule has 9 nitrogen and oxygen atoms in total. The maximum Gasteiger partial charge on any atom is 0.328 e. The van der Waals surface area contributed by atoms with Crippen molar-refractivity contribution in [3.8, 4) is 23.5 Å². The van der Waals surface area contributed by atoms with E-state index >= 15 is 0 Å². The molecule has 3 rings (SSSR count). The van der Waals surface area contributed by atoms with Crippen LogP contribution in [0.5, 0.6) is 23.5 Å². The highest BCUT2D eigenvalue weighted by molar-refractivity contribution is 5.96. The predicted molar refractivity (Wildman–Crippen MR) is 101 cm³/mol. The van der Waals surface area contributed by atoms with Crippen LogP contribution in [0.2, 0.25) is 0 Å². The van der Waals surface area contributed by atoms with Crippen LogP contribution in [0.1, 0.15) is 23.2 Å². The molecule has 1 saturated heterocycles. The lowest BCUT2D eigenvalue weighted by Gasteiger charge is -2.24. The van der Waals surface area contributed by atoms with Gasteiger partial charge in [0.2, 0.25) is 11.8 Å². The molecule has 1 N–H and O–H groups in total. The summed E-state index contributed by atoms with van der Waals surface area (Å²) in [6.45, 7) is 1.34. The Balaban J connectivity index is 1.78. The van der Waals surface area contributed by atoms with E-state index in [4.69, 9.17) is 18.9 Å². The average Bonchev–Trinajstić information content (AvgIpc) is 3.15. The summed E-state index contributed by atoms with van der Waals surface area (Å²) >= 11 is 0. The van der Waals surface area contributed by atoms with E-state index in [0.29, 0.717) is 29.7 Å². The van der Waals surface area contributed by atoms with Gasteiger partial charge >= 0.3 is 6.01 Å². The molecule has 1 aromatic heterocycles. The van der Waals surface area contributed by atoms with Crippen molar-refractivity contribution in [2.24, 2.45) is 0 Å². The summed E-state index contributed by atoms with van der Waals surface area (Å²) < 4.78 is 21.3. The number of hydrogen-bond acceptors (Lipinski definition) is 8. The van der Waals surface area contributed by atoms with Gasteiger partial charge in [0.15, 0.2) is 0 Å². The van der Waals surface area contributed by atoms with E-state index in [0.717, 1.165) is 19.4 Å². The van der Waals surface area contributed by atoms with Crippen LogP contribution in [0.4, 0.5) is 0 Å². The number of rotatable bonds is 8. The van der Waals surface area contributed by atoms with E-state index < -0.39 is 0 Å². The molecule has 0 radical (unpaired) electrons. The number of carbonyl (C=O) groups excluding carboxylic acids is 1. The molecular weight excluding hydrogens is 364 g/mol. The highest BCUT2D eigenvalue weighted by Gasteiger charge is 2.27. The molecule has 2 heterocycles. The molecule has 0 spiro atoms. The molecule has 0 aliphatic carbocycles. The molecule has 0 bridgehead atoms. The van der Waals surface area contributed by atoms with Gasteiger partial charge in [-0.2, -0.15) is 9.97 Å². The zero-order chi connectivity index (χ0) is 19.9. The van der Waals surface area contributed by atoms with Crippen molar-refractivity contribution in [1.82, 2.24) is 20.4 Å². The van der Waals surface area contributed by atoms with Gasteiger partial charge in [-0.3, -0.25) is 10.2 Å². The van der Waals surface area contributed by atoms with Crippen LogP contribution in [-0.4, -0.2) is 61.4 Å². The fourth-order valence-electron chi connectivity index (χ4n) is 3.02.